The Balaban J connectivity index is 1.42. The molecular weight excluding hydrogens is 324 g/mol. The molecule has 0 amide bonds. The summed E-state index contributed by atoms with van der Waals surface area (Å²) in [5, 5.41) is 3.11. The number of nitrogens with zero attached hydrogens (tertiary/aromatic N) is 5. The molecule has 2 aromatic heterocycles. The Bertz CT molecular complexity index is 871. The fraction of sp³-hybridized carbons (Fsp3) is 0.350. The molecule has 0 spiro atoms. The Morgan fingerprint density at radius 1 is 0.923 bits per heavy atom. The van der Waals surface area contributed by atoms with Gasteiger partial charge in [0.1, 0.15) is 5.82 Å². The van der Waals surface area contributed by atoms with Crippen molar-refractivity contribution < 1.29 is 0 Å². The Kier molecular flexibility index (Phi) is 4.67. The fourth-order valence-electron chi connectivity index (χ4n) is 3.51. The molecular formula is C20H24N6. The first kappa shape index (κ1) is 16.7. The predicted octanol–water partition coefficient (Wildman–Crippen LogP) is 2.95. The molecule has 1 fully saturated rings. The number of benzene rings is 1. The third-order valence-electron chi connectivity index (χ3n) is 5.20. The summed E-state index contributed by atoms with van der Waals surface area (Å²) in [6, 6.07) is 10.9. The largest absolute Gasteiger partial charge is 0.387 e. The van der Waals surface area contributed by atoms with E-state index in [1.54, 1.807) is 12.4 Å². The molecule has 26 heavy (non-hydrogen) atoms. The lowest BCUT2D eigenvalue weighted by Gasteiger charge is -2.38. The number of hydrogen-bond acceptors (Lipinski definition) is 6. The van der Waals surface area contributed by atoms with Crippen molar-refractivity contribution in [1.82, 2.24) is 19.9 Å². The van der Waals surface area contributed by atoms with E-state index in [0.717, 1.165) is 48.7 Å². The number of aromatic nitrogens is 3. The average Bonchev–Trinajstić information content (AvgIpc) is 2.73. The summed E-state index contributed by atoms with van der Waals surface area (Å²) in [6.45, 7) is 6.30. The molecule has 6 nitrogen and oxygen atoms in total. The van der Waals surface area contributed by atoms with Crippen LogP contribution in [0.5, 0.6) is 0 Å². The van der Waals surface area contributed by atoms with Crippen LogP contribution in [0.4, 0.5) is 11.5 Å². The standard InChI is InChI=1S/C20H24N6/c1-15(16-3-5-18-19(13-16)23-8-7-22-18)25-9-11-26(12-10-25)20-6-4-17(21-2)14-24-20/h3-8,13-15,21H,9-12H2,1-2H3. The zero-order chi connectivity index (χ0) is 17.9. The number of piperazine rings is 1. The molecule has 3 aromatic rings. The highest BCUT2D eigenvalue weighted by molar-refractivity contribution is 5.74. The van der Waals surface area contributed by atoms with Gasteiger partial charge in [-0.05, 0) is 36.8 Å². The van der Waals surface area contributed by atoms with Crippen LogP contribution in [0, 0.1) is 0 Å². The van der Waals surface area contributed by atoms with Crippen LogP contribution >= 0.6 is 0 Å². The van der Waals surface area contributed by atoms with E-state index in [1.165, 1.54) is 5.56 Å². The number of nitrogens with one attached hydrogen (secondary N) is 1. The molecule has 1 saturated heterocycles. The van der Waals surface area contributed by atoms with Crippen LogP contribution in [0.25, 0.3) is 11.0 Å². The molecule has 1 unspecified atom stereocenters. The molecule has 134 valence electrons. The van der Waals surface area contributed by atoms with Gasteiger partial charge < -0.3 is 10.2 Å². The second kappa shape index (κ2) is 7.25. The summed E-state index contributed by atoms with van der Waals surface area (Å²) in [4.78, 5) is 18.2. The van der Waals surface area contributed by atoms with Gasteiger partial charge in [-0.3, -0.25) is 14.9 Å². The highest BCUT2D eigenvalue weighted by atomic mass is 15.3. The first-order chi connectivity index (χ1) is 12.7. The summed E-state index contributed by atoms with van der Waals surface area (Å²) in [6.07, 6.45) is 5.38. The lowest BCUT2D eigenvalue weighted by molar-refractivity contribution is 0.198. The molecule has 1 atom stereocenters. The van der Waals surface area contributed by atoms with Gasteiger partial charge in [0.05, 0.1) is 22.9 Å². The Morgan fingerprint density at radius 3 is 2.38 bits per heavy atom. The van der Waals surface area contributed by atoms with Gasteiger partial charge in [-0.1, -0.05) is 6.07 Å². The molecule has 0 saturated carbocycles. The van der Waals surface area contributed by atoms with Crippen LogP contribution in [-0.2, 0) is 0 Å². The molecule has 3 heterocycles. The summed E-state index contributed by atoms with van der Waals surface area (Å²) in [5.74, 6) is 1.05. The molecule has 0 bridgehead atoms. The first-order valence-corrected chi connectivity index (χ1v) is 9.08. The Labute approximate surface area is 153 Å². The van der Waals surface area contributed by atoms with Crippen molar-refractivity contribution >= 4 is 22.5 Å². The molecule has 0 radical (unpaired) electrons. The number of fused-ring (bicyclic) bond motifs is 1. The van der Waals surface area contributed by atoms with E-state index < -0.39 is 0 Å². The summed E-state index contributed by atoms with van der Waals surface area (Å²) >= 11 is 0. The lowest BCUT2D eigenvalue weighted by atomic mass is 10.0. The van der Waals surface area contributed by atoms with Gasteiger partial charge in [0.25, 0.3) is 0 Å². The third kappa shape index (κ3) is 3.32. The fourth-order valence-corrected chi connectivity index (χ4v) is 3.51. The highest BCUT2D eigenvalue weighted by Gasteiger charge is 2.23. The van der Waals surface area contributed by atoms with Gasteiger partial charge in [0.15, 0.2) is 0 Å². The van der Waals surface area contributed by atoms with Crippen LogP contribution in [-0.4, -0.2) is 53.1 Å². The average molecular weight is 348 g/mol. The van der Waals surface area contributed by atoms with Crippen molar-refractivity contribution in [3.63, 3.8) is 0 Å². The number of pyridine rings is 1. The minimum absolute atomic E-state index is 0.364. The quantitative estimate of drug-likeness (QED) is 0.782. The zero-order valence-electron chi connectivity index (χ0n) is 15.3. The van der Waals surface area contributed by atoms with Crippen LogP contribution in [0.15, 0.2) is 48.9 Å². The summed E-state index contributed by atoms with van der Waals surface area (Å²) < 4.78 is 0. The zero-order valence-corrected chi connectivity index (χ0v) is 15.3. The third-order valence-corrected chi connectivity index (χ3v) is 5.20. The molecule has 1 aliphatic heterocycles. The number of rotatable bonds is 4. The van der Waals surface area contributed by atoms with E-state index >= 15 is 0 Å². The molecule has 1 aromatic carbocycles. The SMILES string of the molecule is CNc1ccc(N2CCN(C(C)c3ccc4nccnc4c3)CC2)nc1. The normalized spacial score (nSPS) is 16.6. The molecule has 0 aliphatic carbocycles. The van der Waals surface area contributed by atoms with E-state index in [-0.39, 0.29) is 0 Å². The van der Waals surface area contributed by atoms with Gasteiger partial charge in [-0.15, -0.1) is 0 Å². The topological polar surface area (TPSA) is 57.2 Å². The number of anilines is 2. The first-order valence-electron chi connectivity index (χ1n) is 9.08. The van der Waals surface area contributed by atoms with E-state index in [0.29, 0.717) is 6.04 Å². The second-order valence-corrected chi connectivity index (χ2v) is 6.66. The van der Waals surface area contributed by atoms with Gasteiger partial charge in [0.2, 0.25) is 0 Å². The molecule has 1 aliphatic rings. The van der Waals surface area contributed by atoms with E-state index in [9.17, 15) is 0 Å². The minimum atomic E-state index is 0.364. The Morgan fingerprint density at radius 2 is 1.69 bits per heavy atom. The monoisotopic (exact) mass is 348 g/mol. The summed E-state index contributed by atoms with van der Waals surface area (Å²) in [7, 11) is 1.91. The van der Waals surface area contributed by atoms with Gasteiger partial charge in [-0.25, -0.2) is 4.98 Å². The van der Waals surface area contributed by atoms with E-state index in [4.69, 9.17) is 0 Å². The van der Waals surface area contributed by atoms with E-state index in [2.05, 4.69) is 67.3 Å². The lowest BCUT2D eigenvalue weighted by Crippen LogP contribution is -2.47. The minimum Gasteiger partial charge on any atom is -0.387 e. The van der Waals surface area contributed by atoms with Crippen molar-refractivity contribution in [3.8, 4) is 0 Å². The van der Waals surface area contributed by atoms with Crippen LogP contribution in [0.2, 0.25) is 0 Å². The Hall–Kier alpha value is -2.73. The highest BCUT2D eigenvalue weighted by Crippen LogP contribution is 2.25. The molecule has 1 N–H and O–H groups in total. The van der Waals surface area contributed by atoms with Crippen molar-refractivity contribution in [2.75, 3.05) is 43.4 Å². The smallest absolute Gasteiger partial charge is 0.128 e. The maximum absolute atomic E-state index is 4.57. The van der Waals surface area contributed by atoms with Crippen LogP contribution in [0.1, 0.15) is 18.5 Å². The van der Waals surface area contributed by atoms with Crippen molar-refractivity contribution in [1.29, 1.82) is 0 Å². The van der Waals surface area contributed by atoms with Crippen LogP contribution in [0.3, 0.4) is 0 Å². The van der Waals surface area contributed by atoms with Crippen molar-refractivity contribution in [2.45, 2.75) is 13.0 Å². The summed E-state index contributed by atoms with van der Waals surface area (Å²) in [5.41, 5.74) is 4.25. The van der Waals surface area contributed by atoms with Gasteiger partial charge in [-0.2, -0.15) is 0 Å². The predicted molar refractivity (Wildman–Crippen MR) is 106 cm³/mol. The number of hydrogen-bond donors (Lipinski definition) is 1. The second-order valence-electron chi connectivity index (χ2n) is 6.66. The van der Waals surface area contributed by atoms with Gasteiger partial charge >= 0.3 is 0 Å². The maximum atomic E-state index is 4.57. The molecule has 6 heteroatoms. The van der Waals surface area contributed by atoms with E-state index in [1.807, 2.05) is 13.2 Å². The molecule has 4 rings (SSSR count). The van der Waals surface area contributed by atoms with Crippen molar-refractivity contribution in [3.05, 3.63) is 54.5 Å². The maximum Gasteiger partial charge on any atom is 0.128 e. The van der Waals surface area contributed by atoms with Gasteiger partial charge in [0, 0.05) is 51.7 Å². The van der Waals surface area contributed by atoms with Crippen molar-refractivity contribution in [2.24, 2.45) is 0 Å². The van der Waals surface area contributed by atoms with Crippen LogP contribution < -0.4 is 10.2 Å².